The first kappa shape index (κ1) is 14.2. The fourth-order valence-electron chi connectivity index (χ4n) is 3.25. The van der Waals surface area contributed by atoms with Crippen LogP contribution in [-0.2, 0) is 19.2 Å². The molecule has 2 atom stereocenters. The van der Waals surface area contributed by atoms with Crippen molar-refractivity contribution in [3.8, 4) is 0 Å². The minimum absolute atomic E-state index is 0.210. The lowest BCUT2D eigenvalue weighted by atomic mass is 10.2. The number of hydrogen-bond donors (Lipinski definition) is 2. The molecule has 0 aliphatic carbocycles. The van der Waals surface area contributed by atoms with Crippen LogP contribution in [0.25, 0.3) is 0 Å². The third-order valence-electron chi connectivity index (χ3n) is 4.33. The van der Waals surface area contributed by atoms with Crippen LogP contribution in [0.1, 0.15) is 19.3 Å². The molecule has 4 amide bonds. The predicted octanol–water partition coefficient (Wildman–Crippen LogP) is -2.18. The van der Waals surface area contributed by atoms with Crippen LogP contribution in [0.5, 0.6) is 0 Å². The Balaban J connectivity index is 1.62. The van der Waals surface area contributed by atoms with Gasteiger partial charge in [0, 0.05) is 26.2 Å². The Bertz CT molecular complexity index is 462. The van der Waals surface area contributed by atoms with Gasteiger partial charge in [0.2, 0.25) is 23.6 Å². The highest BCUT2D eigenvalue weighted by molar-refractivity contribution is 6.06. The minimum atomic E-state index is -0.392. The number of hydrogen-bond acceptors (Lipinski definition) is 6. The van der Waals surface area contributed by atoms with Crippen molar-refractivity contribution in [1.82, 2.24) is 20.4 Å². The molecule has 0 radical (unpaired) electrons. The summed E-state index contributed by atoms with van der Waals surface area (Å²) < 4.78 is 0. The number of nitrogens with one attached hydrogen (secondary N) is 2. The van der Waals surface area contributed by atoms with Crippen LogP contribution >= 0.6 is 0 Å². The maximum absolute atomic E-state index is 11.7. The zero-order chi connectivity index (χ0) is 15.0. The predicted molar refractivity (Wildman–Crippen MR) is 70.9 cm³/mol. The zero-order valence-electron chi connectivity index (χ0n) is 11.6. The molecule has 0 aromatic carbocycles. The smallest absolute Gasteiger partial charge is 0.244 e. The quantitative estimate of drug-likeness (QED) is 0.562. The summed E-state index contributed by atoms with van der Waals surface area (Å²) in [5.41, 5.74) is 0. The van der Waals surface area contributed by atoms with Crippen molar-refractivity contribution in [3.63, 3.8) is 0 Å². The number of carbonyl (C=O) groups is 4. The van der Waals surface area contributed by atoms with Gasteiger partial charge in [-0.3, -0.25) is 39.6 Å². The maximum atomic E-state index is 11.7. The highest BCUT2D eigenvalue weighted by Gasteiger charge is 2.39. The molecule has 0 bridgehead atoms. The summed E-state index contributed by atoms with van der Waals surface area (Å²) in [7, 11) is 0. The topological polar surface area (TPSA) is 98.8 Å². The molecule has 3 heterocycles. The van der Waals surface area contributed by atoms with Gasteiger partial charge in [0.25, 0.3) is 0 Å². The summed E-state index contributed by atoms with van der Waals surface area (Å²) >= 11 is 0. The highest BCUT2D eigenvalue weighted by Crippen LogP contribution is 2.17. The van der Waals surface area contributed by atoms with Gasteiger partial charge >= 0.3 is 0 Å². The van der Waals surface area contributed by atoms with Crippen LogP contribution < -0.4 is 10.6 Å². The summed E-state index contributed by atoms with van der Waals surface area (Å²) in [5, 5.41) is 4.64. The van der Waals surface area contributed by atoms with Gasteiger partial charge in [0.05, 0.1) is 24.9 Å². The molecule has 0 unspecified atom stereocenters. The Hall–Kier alpha value is -1.80. The Labute approximate surface area is 121 Å². The molecule has 3 aliphatic rings. The van der Waals surface area contributed by atoms with Crippen molar-refractivity contribution in [3.05, 3.63) is 0 Å². The summed E-state index contributed by atoms with van der Waals surface area (Å²) in [6.07, 6.45) is 1.22. The van der Waals surface area contributed by atoms with Crippen molar-refractivity contribution in [2.75, 3.05) is 26.2 Å². The van der Waals surface area contributed by atoms with Crippen LogP contribution in [0, 0.1) is 0 Å². The van der Waals surface area contributed by atoms with Gasteiger partial charge in [-0.1, -0.05) is 0 Å². The van der Waals surface area contributed by atoms with Crippen molar-refractivity contribution in [2.45, 2.75) is 31.3 Å². The molecule has 8 nitrogen and oxygen atoms in total. The van der Waals surface area contributed by atoms with E-state index in [0.717, 1.165) is 6.42 Å². The van der Waals surface area contributed by atoms with Gasteiger partial charge in [-0.15, -0.1) is 0 Å². The third kappa shape index (κ3) is 2.81. The molecule has 3 aliphatic heterocycles. The molecule has 3 saturated heterocycles. The largest absolute Gasteiger partial charge is 0.295 e. The highest BCUT2D eigenvalue weighted by atomic mass is 16.2. The fourth-order valence-corrected chi connectivity index (χ4v) is 3.25. The molecule has 3 rings (SSSR count). The van der Waals surface area contributed by atoms with E-state index in [2.05, 4.69) is 10.6 Å². The molecule has 0 aromatic heterocycles. The molecule has 114 valence electrons. The maximum Gasteiger partial charge on any atom is 0.244 e. The van der Waals surface area contributed by atoms with E-state index in [1.807, 2.05) is 9.80 Å². The van der Waals surface area contributed by atoms with Crippen LogP contribution in [0.15, 0.2) is 0 Å². The second-order valence-corrected chi connectivity index (χ2v) is 5.69. The van der Waals surface area contributed by atoms with Crippen molar-refractivity contribution >= 4 is 23.6 Å². The standard InChI is InChI=1S/C13H18N4O4/c18-10-6-8(12(20)14-10)16-2-1-3-17(5-4-16)9-7-11(19)15-13(9)21/h8-9H,1-7H2,(H,14,18,20)(H,15,19,21)/t8-,9-/m1/s1. The fraction of sp³-hybridized carbons (Fsp3) is 0.692. The second kappa shape index (κ2) is 5.53. The Morgan fingerprint density at radius 1 is 0.714 bits per heavy atom. The average Bonchev–Trinajstić information content (AvgIpc) is 2.83. The zero-order valence-corrected chi connectivity index (χ0v) is 11.6. The van der Waals surface area contributed by atoms with E-state index in [9.17, 15) is 19.2 Å². The number of carbonyl (C=O) groups excluding carboxylic acids is 4. The van der Waals surface area contributed by atoms with Crippen LogP contribution in [0.2, 0.25) is 0 Å². The summed E-state index contributed by atoms with van der Waals surface area (Å²) in [6.45, 7) is 2.65. The van der Waals surface area contributed by atoms with E-state index >= 15 is 0 Å². The molecule has 21 heavy (non-hydrogen) atoms. The third-order valence-corrected chi connectivity index (χ3v) is 4.33. The van der Waals surface area contributed by atoms with Crippen molar-refractivity contribution < 1.29 is 19.2 Å². The van der Waals surface area contributed by atoms with Gasteiger partial charge in [-0.2, -0.15) is 0 Å². The van der Waals surface area contributed by atoms with E-state index < -0.39 is 12.1 Å². The van der Waals surface area contributed by atoms with E-state index in [1.165, 1.54) is 0 Å². The Morgan fingerprint density at radius 2 is 1.14 bits per heavy atom. The van der Waals surface area contributed by atoms with Gasteiger partial charge < -0.3 is 0 Å². The van der Waals surface area contributed by atoms with E-state index in [-0.39, 0.29) is 36.5 Å². The van der Waals surface area contributed by atoms with Crippen LogP contribution in [0.3, 0.4) is 0 Å². The first-order valence-electron chi connectivity index (χ1n) is 7.20. The van der Waals surface area contributed by atoms with Crippen molar-refractivity contribution in [1.29, 1.82) is 0 Å². The normalized spacial score (nSPS) is 32.2. The number of amides is 4. The lowest BCUT2D eigenvalue weighted by molar-refractivity contribution is -0.128. The van der Waals surface area contributed by atoms with Crippen LogP contribution in [-0.4, -0.2) is 71.7 Å². The van der Waals surface area contributed by atoms with E-state index in [4.69, 9.17) is 0 Å². The number of rotatable bonds is 2. The molecule has 8 heteroatoms. The number of nitrogens with zero attached hydrogens (tertiary/aromatic N) is 2. The first-order chi connectivity index (χ1) is 10.0. The van der Waals surface area contributed by atoms with Gasteiger partial charge in [-0.25, -0.2) is 0 Å². The summed E-state index contributed by atoms with van der Waals surface area (Å²) in [6, 6.07) is -0.784. The summed E-state index contributed by atoms with van der Waals surface area (Å²) in [5.74, 6) is -0.928. The first-order valence-corrected chi connectivity index (χ1v) is 7.20. The van der Waals surface area contributed by atoms with Gasteiger partial charge in [-0.05, 0) is 6.42 Å². The van der Waals surface area contributed by atoms with E-state index in [0.29, 0.717) is 26.2 Å². The van der Waals surface area contributed by atoms with Crippen molar-refractivity contribution in [2.24, 2.45) is 0 Å². The monoisotopic (exact) mass is 294 g/mol. The lowest BCUT2D eigenvalue weighted by Crippen LogP contribution is -2.45. The van der Waals surface area contributed by atoms with Gasteiger partial charge in [0.15, 0.2) is 0 Å². The van der Waals surface area contributed by atoms with E-state index in [1.54, 1.807) is 0 Å². The van der Waals surface area contributed by atoms with Gasteiger partial charge in [0.1, 0.15) is 0 Å². The molecular formula is C13H18N4O4. The molecule has 2 N–H and O–H groups in total. The number of imide groups is 2. The summed E-state index contributed by atoms with van der Waals surface area (Å²) in [4.78, 5) is 50.0. The lowest BCUT2D eigenvalue weighted by Gasteiger charge is -2.26. The Morgan fingerprint density at radius 3 is 1.48 bits per heavy atom. The second-order valence-electron chi connectivity index (χ2n) is 5.69. The molecule has 0 aromatic rings. The minimum Gasteiger partial charge on any atom is -0.295 e. The molecular weight excluding hydrogens is 276 g/mol. The van der Waals surface area contributed by atoms with Crippen LogP contribution in [0.4, 0.5) is 0 Å². The average molecular weight is 294 g/mol. The molecule has 0 spiro atoms. The SMILES string of the molecule is O=C1C[C@@H](N2CCCN([C@@H]3CC(=O)NC3=O)CC2)C(=O)N1. The molecule has 3 fully saturated rings. The Kier molecular flexibility index (Phi) is 3.73. The molecule has 0 saturated carbocycles.